The van der Waals surface area contributed by atoms with Crippen LogP contribution in [-0.4, -0.2) is 53.8 Å². The van der Waals surface area contributed by atoms with Crippen LogP contribution < -0.4 is 19.5 Å². The van der Waals surface area contributed by atoms with Gasteiger partial charge in [-0.25, -0.2) is 0 Å². The van der Waals surface area contributed by atoms with Crippen LogP contribution >= 0.6 is 11.8 Å². The molecule has 9 heteroatoms. The van der Waals surface area contributed by atoms with Crippen molar-refractivity contribution >= 4 is 17.7 Å². The third-order valence-electron chi connectivity index (χ3n) is 5.73. The van der Waals surface area contributed by atoms with Gasteiger partial charge in [0, 0.05) is 18.2 Å². The molecule has 3 rings (SSSR count). The predicted octanol–water partition coefficient (Wildman–Crippen LogP) is 4.48. The Balaban J connectivity index is 2.02. The number of thioether (sulfide) groups is 1. The van der Waals surface area contributed by atoms with E-state index < -0.39 is 0 Å². The average molecular weight is 463 g/mol. The van der Waals surface area contributed by atoms with Gasteiger partial charge in [-0.2, -0.15) is 0 Å². The largest absolute Gasteiger partial charge is 0.493 e. The van der Waals surface area contributed by atoms with E-state index in [4.69, 9.17) is 14.2 Å². The summed E-state index contributed by atoms with van der Waals surface area (Å²) < 4.78 is 18.8. The average Bonchev–Trinajstić information content (AvgIpc) is 3.25. The highest BCUT2D eigenvalue weighted by Gasteiger charge is 2.27. The number of carbonyl (C=O) groups is 1. The normalized spacial score (nSPS) is 15.3. The van der Waals surface area contributed by atoms with Gasteiger partial charge in [0.1, 0.15) is 0 Å². The number of hydrogen-bond donors (Lipinski definition) is 1. The molecule has 0 spiro atoms. The molecular weight excluding hydrogens is 428 g/mol. The van der Waals surface area contributed by atoms with E-state index in [-0.39, 0.29) is 11.2 Å². The molecule has 1 fully saturated rings. The van der Waals surface area contributed by atoms with Crippen molar-refractivity contribution in [3.63, 3.8) is 0 Å². The molecule has 0 saturated heterocycles. The molecule has 8 nitrogen and oxygen atoms in total. The third kappa shape index (κ3) is 5.31. The number of aromatic nitrogens is 3. The Morgan fingerprint density at radius 2 is 1.78 bits per heavy atom. The van der Waals surface area contributed by atoms with Crippen LogP contribution in [0.2, 0.25) is 0 Å². The van der Waals surface area contributed by atoms with Crippen molar-refractivity contribution in [3.05, 3.63) is 12.1 Å². The first kappa shape index (κ1) is 24.2. The Morgan fingerprint density at radius 1 is 1.12 bits per heavy atom. The summed E-state index contributed by atoms with van der Waals surface area (Å²) in [5.41, 5.74) is 0.840. The van der Waals surface area contributed by atoms with E-state index in [1.54, 1.807) is 21.3 Å². The number of ether oxygens (including phenoxy) is 3. The van der Waals surface area contributed by atoms with Gasteiger partial charge in [-0.1, -0.05) is 37.9 Å². The summed E-state index contributed by atoms with van der Waals surface area (Å²) in [5, 5.41) is 12.5. The summed E-state index contributed by atoms with van der Waals surface area (Å²) in [6.07, 6.45) is 6.64. The molecule has 1 aromatic carbocycles. The Labute approximate surface area is 194 Å². The molecule has 2 aromatic rings. The first-order chi connectivity index (χ1) is 15.5. The van der Waals surface area contributed by atoms with Crippen LogP contribution in [0.25, 0.3) is 11.4 Å². The zero-order valence-corrected chi connectivity index (χ0v) is 20.5. The summed E-state index contributed by atoms with van der Waals surface area (Å²) in [5.74, 6) is 2.45. The zero-order chi connectivity index (χ0) is 23.1. The molecule has 0 bridgehead atoms. The van der Waals surface area contributed by atoms with Crippen molar-refractivity contribution in [2.45, 2.75) is 68.8 Å². The van der Waals surface area contributed by atoms with Gasteiger partial charge in [0.2, 0.25) is 11.7 Å². The highest BCUT2D eigenvalue weighted by molar-refractivity contribution is 8.00. The lowest BCUT2D eigenvalue weighted by Gasteiger charge is -2.26. The fourth-order valence-corrected chi connectivity index (χ4v) is 4.98. The highest BCUT2D eigenvalue weighted by atomic mass is 32.2. The number of carbonyl (C=O) groups excluding carboxylic acids is 1. The topological polar surface area (TPSA) is 87.5 Å². The summed E-state index contributed by atoms with van der Waals surface area (Å²) >= 11 is 1.46. The first-order valence-corrected chi connectivity index (χ1v) is 12.1. The van der Waals surface area contributed by atoms with Crippen LogP contribution in [0.3, 0.4) is 0 Å². The summed E-state index contributed by atoms with van der Waals surface area (Å²) in [6, 6.07) is 4.09. The molecule has 1 aromatic heterocycles. The predicted molar refractivity (Wildman–Crippen MR) is 126 cm³/mol. The van der Waals surface area contributed by atoms with Crippen molar-refractivity contribution in [2.24, 2.45) is 0 Å². The van der Waals surface area contributed by atoms with E-state index in [1.165, 1.54) is 31.0 Å². The van der Waals surface area contributed by atoms with Gasteiger partial charge in [0.15, 0.2) is 22.5 Å². The van der Waals surface area contributed by atoms with Crippen molar-refractivity contribution in [1.82, 2.24) is 20.1 Å². The Kier molecular flexibility index (Phi) is 8.67. The molecule has 1 atom stereocenters. The Bertz CT molecular complexity index is 886. The second-order valence-electron chi connectivity index (χ2n) is 7.93. The number of nitrogens with zero attached hydrogens (tertiary/aromatic N) is 3. The van der Waals surface area contributed by atoms with E-state index in [1.807, 2.05) is 26.0 Å². The Hall–Kier alpha value is -2.42. The third-order valence-corrected chi connectivity index (χ3v) is 6.78. The van der Waals surface area contributed by atoms with Crippen LogP contribution in [0.15, 0.2) is 17.3 Å². The molecular formula is C23H34N4O4S. The van der Waals surface area contributed by atoms with Gasteiger partial charge in [0.05, 0.1) is 26.6 Å². The van der Waals surface area contributed by atoms with Crippen LogP contribution in [0.4, 0.5) is 0 Å². The van der Waals surface area contributed by atoms with E-state index in [9.17, 15) is 4.79 Å². The maximum Gasteiger partial charge on any atom is 0.233 e. The summed E-state index contributed by atoms with van der Waals surface area (Å²) in [7, 11) is 4.79. The minimum Gasteiger partial charge on any atom is -0.493 e. The quantitative estimate of drug-likeness (QED) is 0.521. The first-order valence-electron chi connectivity index (χ1n) is 11.2. The molecule has 1 aliphatic rings. The number of methoxy groups -OCH3 is 3. The van der Waals surface area contributed by atoms with E-state index >= 15 is 0 Å². The zero-order valence-electron chi connectivity index (χ0n) is 19.6. The number of hydrogen-bond acceptors (Lipinski definition) is 7. The minimum atomic E-state index is -0.263. The van der Waals surface area contributed by atoms with Gasteiger partial charge < -0.3 is 19.5 Å². The molecule has 0 aliphatic heterocycles. The van der Waals surface area contributed by atoms with E-state index in [2.05, 4.69) is 20.1 Å². The Morgan fingerprint density at radius 3 is 2.34 bits per heavy atom. The molecule has 32 heavy (non-hydrogen) atoms. The second kappa shape index (κ2) is 11.4. The lowest BCUT2D eigenvalue weighted by Crippen LogP contribution is -2.31. The number of nitrogens with one attached hydrogen (secondary N) is 1. The summed E-state index contributed by atoms with van der Waals surface area (Å²) in [4.78, 5) is 12.5. The smallest absolute Gasteiger partial charge is 0.233 e. The van der Waals surface area contributed by atoms with E-state index in [0.717, 1.165) is 35.8 Å². The van der Waals surface area contributed by atoms with Gasteiger partial charge in [0.25, 0.3) is 0 Å². The summed E-state index contributed by atoms with van der Waals surface area (Å²) in [6.45, 7) is 4.63. The molecule has 1 amide bonds. The molecule has 1 heterocycles. The van der Waals surface area contributed by atoms with Crippen molar-refractivity contribution in [1.29, 1.82) is 0 Å². The molecule has 1 aliphatic carbocycles. The maximum absolute atomic E-state index is 12.5. The molecule has 1 unspecified atom stereocenters. The monoisotopic (exact) mass is 462 g/mol. The lowest BCUT2D eigenvalue weighted by atomic mass is 9.95. The molecule has 0 radical (unpaired) electrons. The maximum atomic E-state index is 12.5. The van der Waals surface area contributed by atoms with Crippen molar-refractivity contribution in [2.75, 3.05) is 27.9 Å². The molecule has 176 valence electrons. The minimum absolute atomic E-state index is 0.0179. The van der Waals surface area contributed by atoms with Crippen LogP contribution in [0, 0.1) is 0 Å². The molecule has 1 N–H and O–H groups in total. The fraction of sp³-hybridized carbons (Fsp3) is 0.609. The van der Waals surface area contributed by atoms with Gasteiger partial charge in [-0.05, 0) is 38.3 Å². The molecule has 1 saturated carbocycles. The number of rotatable bonds is 10. The van der Waals surface area contributed by atoms with Crippen molar-refractivity contribution < 1.29 is 19.0 Å². The van der Waals surface area contributed by atoms with Crippen LogP contribution in [-0.2, 0) is 4.79 Å². The standard InChI is InChI=1S/C23H34N4O4S/c1-6-12-24-22(28)15(2)32-23-26-25-21(27(23)17-10-8-7-9-11-17)16-13-18(29-3)20(31-5)19(14-16)30-4/h13-15,17H,6-12H2,1-5H3,(H,24,28). The second-order valence-corrected chi connectivity index (χ2v) is 9.24. The highest BCUT2D eigenvalue weighted by Crippen LogP contribution is 2.43. The number of benzene rings is 1. The number of amides is 1. The van der Waals surface area contributed by atoms with E-state index in [0.29, 0.717) is 29.8 Å². The lowest BCUT2D eigenvalue weighted by molar-refractivity contribution is -0.120. The van der Waals surface area contributed by atoms with Gasteiger partial charge in [-0.15, -0.1) is 10.2 Å². The van der Waals surface area contributed by atoms with Gasteiger partial charge in [-0.3, -0.25) is 9.36 Å². The SMILES string of the molecule is CCCNC(=O)C(C)Sc1nnc(-c2cc(OC)c(OC)c(OC)c2)n1C1CCCCC1. The van der Waals surface area contributed by atoms with Crippen LogP contribution in [0.1, 0.15) is 58.4 Å². The van der Waals surface area contributed by atoms with Crippen LogP contribution in [0.5, 0.6) is 17.2 Å². The van der Waals surface area contributed by atoms with Crippen molar-refractivity contribution in [3.8, 4) is 28.6 Å². The van der Waals surface area contributed by atoms with Gasteiger partial charge >= 0.3 is 0 Å². The fourth-order valence-electron chi connectivity index (χ4n) is 4.04.